The van der Waals surface area contributed by atoms with Gasteiger partial charge in [-0.15, -0.1) is 0 Å². The third-order valence-corrected chi connectivity index (χ3v) is 4.95. The number of aromatic nitrogens is 1. The van der Waals surface area contributed by atoms with E-state index in [1.807, 2.05) is 39.1 Å². The predicted molar refractivity (Wildman–Crippen MR) is 121 cm³/mol. The van der Waals surface area contributed by atoms with Gasteiger partial charge in [0.25, 0.3) is 0 Å². The molecule has 0 bridgehead atoms. The molecule has 0 aliphatic carbocycles. The van der Waals surface area contributed by atoms with Gasteiger partial charge >= 0.3 is 0 Å². The number of guanidine groups is 1. The molecule has 0 saturated carbocycles. The van der Waals surface area contributed by atoms with Crippen LogP contribution in [-0.2, 0) is 0 Å². The third-order valence-electron chi connectivity index (χ3n) is 4.36. The molecule has 1 unspecified atom stereocenters. The van der Waals surface area contributed by atoms with Crippen molar-refractivity contribution in [2.24, 2.45) is 4.99 Å². The minimum Gasteiger partial charge on any atom is -0.490 e. The van der Waals surface area contributed by atoms with Crippen LogP contribution in [0.25, 0.3) is 0 Å². The number of halogens is 1. The van der Waals surface area contributed by atoms with E-state index in [9.17, 15) is 5.26 Å². The first-order chi connectivity index (χ1) is 14.8. The minimum atomic E-state index is -0.684. The minimum absolute atomic E-state index is 0.0138. The van der Waals surface area contributed by atoms with Gasteiger partial charge in [0.2, 0.25) is 5.96 Å². The number of anilines is 3. The third kappa shape index (κ3) is 4.27. The largest absolute Gasteiger partial charge is 0.490 e. The molecule has 0 saturated heterocycles. The summed E-state index contributed by atoms with van der Waals surface area (Å²) in [5.74, 6) is 1.55. The van der Waals surface area contributed by atoms with Crippen LogP contribution in [0.5, 0.6) is 11.5 Å². The van der Waals surface area contributed by atoms with Crippen LogP contribution in [0.2, 0.25) is 0 Å². The molecular weight excluding hydrogens is 464 g/mol. The van der Waals surface area contributed by atoms with Crippen molar-refractivity contribution in [1.82, 2.24) is 10.3 Å². The lowest BCUT2D eigenvalue weighted by Crippen LogP contribution is -2.32. The van der Waals surface area contributed by atoms with E-state index in [1.54, 1.807) is 6.07 Å². The van der Waals surface area contributed by atoms with E-state index in [2.05, 4.69) is 36.5 Å². The molecule has 6 N–H and O–H groups in total. The highest BCUT2D eigenvalue weighted by molar-refractivity contribution is 9.10. The monoisotopic (exact) mass is 484 g/mol. The quantitative estimate of drug-likeness (QED) is 0.368. The Kier molecular flexibility index (Phi) is 6.37. The zero-order chi connectivity index (χ0) is 22.7. The van der Waals surface area contributed by atoms with E-state index >= 15 is 0 Å². The molecule has 1 aliphatic rings. The standard InChI is InChI=1S/C20H21BrN8O2/c1-4-30-13-6-10(5-12(21)17(13)31-9(2)3)16-14-15(24)11(7-22)18(25)28-19(14)29-20(27-16)26-8-23/h5-6,9,16H,4H2,1-3H3,(H6,24,25,26,27,28,29). The lowest BCUT2D eigenvalue weighted by Gasteiger charge is -2.27. The summed E-state index contributed by atoms with van der Waals surface area (Å²) in [7, 11) is 0. The van der Waals surface area contributed by atoms with Gasteiger partial charge in [0.1, 0.15) is 29.3 Å². The molecule has 1 aromatic carbocycles. The highest BCUT2D eigenvalue weighted by atomic mass is 79.9. The Morgan fingerprint density at radius 3 is 2.68 bits per heavy atom. The van der Waals surface area contributed by atoms with Crippen LogP contribution in [0.15, 0.2) is 21.6 Å². The second-order valence-electron chi connectivity index (χ2n) is 6.83. The fourth-order valence-corrected chi connectivity index (χ4v) is 3.73. The Hall–Kier alpha value is -3.70. The first-order valence-electron chi connectivity index (χ1n) is 9.42. The number of benzene rings is 1. The molecule has 31 heavy (non-hydrogen) atoms. The normalized spacial score (nSPS) is 14.5. The van der Waals surface area contributed by atoms with E-state index in [-0.39, 0.29) is 29.1 Å². The Morgan fingerprint density at radius 1 is 1.32 bits per heavy atom. The first-order valence-corrected chi connectivity index (χ1v) is 10.2. The zero-order valence-electron chi connectivity index (χ0n) is 17.2. The van der Waals surface area contributed by atoms with Crippen molar-refractivity contribution in [3.8, 4) is 23.8 Å². The van der Waals surface area contributed by atoms with Gasteiger partial charge in [-0.05, 0) is 54.4 Å². The summed E-state index contributed by atoms with van der Waals surface area (Å²) in [6, 6.07) is 4.92. The van der Waals surface area contributed by atoms with E-state index in [0.717, 1.165) is 0 Å². The molecule has 2 heterocycles. The first kappa shape index (κ1) is 22.0. The average molecular weight is 485 g/mol. The number of nitrogens with two attached hydrogens (primary N) is 2. The zero-order valence-corrected chi connectivity index (χ0v) is 18.7. The molecule has 3 rings (SSSR count). The molecular formula is C20H21BrN8O2. The fraction of sp³-hybridized carbons (Fsp3) is 0.300. The van der Waals surface area contributed by atoms with Crippen LogP contribution < -0.4 is 31.6 Å². The number of nitrogen functional groups attached to an aromatic ring is 2. The van der Waals surface area contributed by atoms with Crippen molar-refractivity contribution in [3.63, 3.8) is 0 Å². The molecule has 0 spiro atoms. The predicted octanol–water partition coefficient (Wildman–Crippen LogP) is 3.01. The van der Waals surface area contributed by atoms with Crippen molar-refractivity contribution in [1.29, 1.82) is 10.5 Å². The highest BCUT2D eigenvalue weighted by Gasteiger charge is 2.31. The van der Waals surface area contributed by atoms with Gasteiger partial charge in [0, 0.05) is 5.56 Å². The Balaban J connectivity index is 2.24. The van der Waals surface area contributed by atoms with Crippen LogP contribution in [0.4, 0.5) is 17.3 Å². The maximum Gasteiger partial charge on any atom is 0.211 e. The summed E-state index contributed by atoms with van der Waals surface area (Å²) >= 11 is 3.55. The summed E-state index contributed by atoms with van der Waals surface area (Å²) in [6.45, 7) is 6.14. The van der Waals surface area contributed by atoms with Gasteiger partial charge in [-0.2, -0.15) is 10.5 Å². The number of hydrogen-bond acceptors (Lipinski definition) is 10. The Bertz CT molecular complexity index is 1130. The van der Waals surface area contributed by atoms with Crippen LogP contribution in [-0.4, -0.2) is 23.7 Å². The van der Waals surface area contributed by atoms with Crippen molar-refractivity contribution in [2.75, 3.05) is 23.4 Å². The highest BCUT2D eigenvalue weighted by Crippen LogP contribution is 2.45. The van der Waals surface area contributed by atoms with Crippen LogP contribution in [0.1, 0.15) is 43.5 Å². The average Bonchev–Trinajstić information content (AvgIpc) is 2.70. The van der Waals surface area contributed by atoms with E-state index in [0.29, 0.717) is 39.5 Å². The number of aliphatic imine (C=N–C) groups is 1. The SMILES string of the molecule is CCOc1cc(C2N=C(NC#N)Nc3nc(N)c(C#N)c(N)c32)cc(Br)c1OC(C)C. The lowest BCUT2D eigenvalue weighted by atomic mass is 9.95. The Morgan fingerprint density at radius 2 is 2.06 bits per heavy atom. The van der Waals surface area contributed by atoms with Gasteiger partial charge in [-0.3, -0.25) is 5.32 Å². The van der Waals surface area contributed by atoms with Crippen molar-refractivity contribution in [2.45, 2.75) is 32.9 Å². The van der Waals surface area contributed by atoms with Crippen LogP contribution >= 0.6 is 15.9 Å². The molecule has 11 heteroatoms. The second kappa shape index (κ2) is 8.98. The summed E-state index contributed by atoms with van der Waals surface area (Å²) in [4.78, 5) is 8.82. The van der Waals surface area contributed by atoms with Crippen LogP contribution in [0, 0.1) is 22.8 Å². The number of nitrogens with zero attached hydrogens (tertiary/aromatic N) is 4. The molecule has 1 aromatic heterocycles. The summed E-state index contributed by atoms with van der Waals surface area (Å²) in [6.07, 6.45) is 1.76. The second-order valence-corrected chi connectivity index (χ2v) is 7.69. The molecule has 10 nitrogen and oxygen atoms in total. The van der Waals surface area contributed by atoms with Crippen LogP contribution in [0.3, 0.4) is 0 Å². The fourth-order valence-electron chi connectivity index (χ4n) is 3.18. The smallest absolute Gasteiger partial charge is 0.211 e. The molecule has 1 aliphatic heterocycles. The molecule has 1 atom stereocenters. The van der Waals surface area contributed by atoms with Gasteiger partial charge < -0.3 is 26.3 Å². The number of nitrogens with one attached hydrogen (secondary N) is 2. The number of hydrogen-bond donors (Lipinski definition) is 4. The molecule has 2 aromatic rings. The lowest BCUT2D eigenvalue weighted by molar-refractivity contribution is 0.222. The number of rotatable bonds is 5. The van der Waals surface area contributed by atoms with Gasteiger partial charge in [0.05, 0.1) is 22.9 Å². The number of nitriles is 2. The van der Waals surface area contributed by atoms with Gasteiger partial charge in [-0.25, -0.2) is 9.98 Å². The molecule has 0 radical (unpaired) electrons. The molecule has 0 amide bonds. The van der Waals surface area contributed by atoms with Gasteiger partial charge in [-0.1, -0.05) is 0 Å². The molecule has 0 fully saturated rings. The van der Waals surface area contributed by atoms with Crippen molar-refractivity contribution in [3.05, 3.63) is 33.3 Å². The van der Waals surface area contributed by atoms with E-state index < -0.39 is 6.04 Å². The number of ether oxygens (including phenoxy) is 2. The Labute approximate surface area is 188 Å². The summed E-state index contributed by atoms with van der Waals surface area (Å²) in [5, 5.41) is 23.9. The summed E-state index contributed by atoms with van der Waals surface area (Å²) in [5.41, 5.74) is 13.6. The number of fused-ring (bicyclic) bond motifs is 1. The maximum absolute atomic E-state index is 9.47. The summed E-state index contributed by atoms with van der Waals surface area (Å²) < 4.78 is 12.4. The van der Waals surface area contributed by atoms with Crippen molar-refractivity contribution >= 4 is 39.2 Å². The van der Waals surface area contributed by atoms with E-state index in [1.165, 1.54) is 0 Å². The topological polar surface area (TPSA) is 167 Å². The van der Waals surface area contributed by atoms with E-state index in [4.69, 9.17) is 26.2 Å². The number of pyridine rings is 1. The molecule has 160 valence electrons. The van der Waals surface area contributed by atoms with Crippen molar-refractivity contribution < 1.29 is 9.47 Å². The maximum atomic E-state index is 9.47. The van der Waals surface area contributed by atoms with Gasteiger partial charge in [0.15, 0.2) is 17.7 Å².